The first-order chi connectivity index (χ1) is 12.5. The van der Waals surface area contributed by atoms with Crippen LogP contribution in [-0.4, -0.2) is 28.1 Å². The standard InChI is InChI=1S/C18H16ClN3O3S/c1-11-17(13-4-2-3-5-15(13)21-11)26-9-8-20-18(23)14-10-12(19)6-7-16(14)22(24)25/h2-7,10,21H,8-9H2,1H3,(H,20,23). The summed E-state index contributed by atoms with van der Waals surface area (Å²) in [5.74, 6) is 0.137. The van der Waals surface area contributed by atoms with Crippen LogP contribution in [0.1, 0.15) is 16.1 Å². The van der Waals surface area contributed by atoms with Gasteiger partial charge in [0.25, 0.3) is 11.6 Å². The number of para-hydroxylation sites is 1. The molecule has 2 N–H and O–H groups in total. The molecule has 0 atom stereocenters. The van der Waals surface area contributed by atoms with Gasteiger partial charge >= 0.3 is 0 Å². The van der Waals surface area contributed by atoms with Crippen LogP contribution in [0.2, 0.25) is 5.02 Å². The van der Waals surface area contributed by atoms with E-state index < -0.39 is 10.8 Å². The molecule has 26 heavy (non-hydrogen) atoms. The van der Waals surface area contributed by atoms with E-state index >= 15 is 0 Å². The van der Waals surface area contributed by atoms with E-state index in [1.54, 1.807) is 11.8 Å². The second-order valence-electron chi connectivity index (χ2n) is 5.65. The number of nitrogens with one attached hydrogen (secondary N) is 2. The van der Waals surface area contributed by atoms with Gasteiger partial charge in [0.15, 0.2) is 0 Å². The van der Waals surface area contributed by atoms with Gasteiger partial charge in [-0.1, -0.05) is 29.8 Å². The number of H-pyrrole nitrogens is 1. The van der Waals surface area contributed by atoms with Gasteiger partial charge < -0.3 is 10.3 Å². The zero-order valence-corrected chi connectivity index (χ0v) is 15.5. The van der Waals surface area contributed by atoms with Crippen molar-refractivity contribution >= 4 is 45.9 Å². The highest BCUT2D eigenvalue weighted by Crippen LogP contribution is 2.31. The van der Waals surface area contributed by atoms with Crippen LogP contribution >= 0.6 is 23.4 Å². The van der Waals surface area contributed by atoms with Crippen LogP contribution in [0.25, 0.3) is 10.9 Å². The average molecular weight is 390 g/mol. The van der Waals surface area contributed by atoms with Crippen LogP contribution in [0.3, 0.4) is 0 Å². The highest BCUT2D eigenvalue weighted by atomic mass is 35.5. The number of benzene rings is 2. The van der Waals surface area contributed by atoms with Crippen molar-refractivity contribution < 1.29 is 9.72 Å². The van der Waals surface area contributed by atoms with E-state index in [9.17, 15) is 14.9 Å². The number of fused-ring (bicyclic) bond motifs is 1. The summed E-state index contributed by atoms with van der Waals surface area (Å²) < 4.78 is 0. The van der Waals surface area contributed by atoms with Crippen LogP contribution in [-0.2, 0) is 0 Å². The molecule has 0 saturated carbocycles. The van der Waals surface area contributed by atoms with Gasteiger partial charge in [-0.25, -0.2) is 0 Å². The molecule has 1 amide bonds. The molecule has 0 aliphatic heterocycles. The Kier molecular flexibility index (Phi) is 5.49. The minimum absolute atomic E-state index is 0.0317. The zero-order chi connectivity index (χ0) is 18.7. The molecule has 2 aromatic carbocycles. The number of aryl methyl sites for hydroxylation is 1. The number of aromatic nitrogens is 1. The molecule has 0 unspecified atom stereocenters. The fourth-order valence-electron chi connectivity index (χ4n) is 2.70. The minimum Gasteiger partial charge on any atom is -0.358 e. The molecule has 0 aliphatic carbocycles. The maximum Gasteiger partial charge on any atom is 0.282 e. The van der Waals surface area contributed by atoms with Crippen LogP contribution in [0, 0.1) is 17.0 Å². The van der Waals surface area contributed by atoms with Crippen molar-refractivity contribution in [1.82, 2.24) is 10.3 Å². The summed E-state index contributed by atoms with van der Waals surface area (Å²) in [6.07, 6.45) is 0. The van der Waals surface area contributed by atoms with E-state index in [1.807, 2.05) is 25.1 Å². The third-order valence-corrected chi connectivity index (χ3v) is 5.33. The summed E-state index contributed by atoms with van der Waals surface area (Å²) in [7, 11) is 0. The summed E-state index contributed by atoms with van der Waals surface area (Å²) in [5.41, 5.74) is 1.86. The third-order valence-electron chi connectivity index (χ3n) is 3.87. The first-order valence-electron chi connectivity index (χ1n) is 7.89. The molecule has 6 nitrogen and oxygen atoms in total. The molecule has 0 bridgehead atoms. The largest absolute Gasteiger partial charge is 0.358 e. The van der Waals surface area contributed by atoms with Gasteiger partial charge in [-0.05, 0) is 25.1 Å². The van der Waals surface area contributed by atoms with Crippen molar-refractivity contribution in [2.45, 2.75) is 11.8 Å². The Morgan fingerprint density at radius 3 is 2.85 bits per heavy atom. The Bertz CT molecular complexity index is 987. The molecule has 134 valence electrons. The minimum atomic E-state index is -0.588. The normalized spacial score (nSPS) is 10.8. The SMILES string of the molecule is Cc1[nH]c2ccccc2c1SCCNC(=O)c1cc(Cl)ccc1[N+](=O)[O-]. The van der Waals surface area contributed by atoms with E-state index in [0.717, 1.165) is 21.5 Å². The smallest absolute Gasteiger partial charge is 0.282 e. The summed E-state index contributed by atoms with van der Waals surface area (Å²) in [6, 6.07) is 12.0. The van der Waals surface area contributed by atoms with Crippen LogP contribution < -0.4 is 5.32 Å². The number of carbonyl (C=O) groups is 1. The first-order valence-corrected chi connectivity index (χ1v) is 9.26. The Morgan fingerprint density at radius 1 is 1.31 bits per heavy atom. The highest BCUT2D eigenvalue weighted by Gasteiger charge is 2.20. The summed E-state index contributed by atoms with van der Waals surface area (Å²) in [6.45, 7) is 2.39. The average Bonchev–Trinajstić information content (AvgIpc) is 2.93. The number of nitrogens with zero attached hydrogens (tertiary/aromatic N) is 1. The lowest BCUT2D eigenvalue weighted by molar-refractivity contribution is -0.385. The molecule has 3 aromatic rings. The number of hydrogen-bond donors (Lipinski definition) is 2. The van der Waals surface area contributed by atoms with Crippen LogP contribution in [0.15, 0.2) is 47.4 Å². The second-order valence-corrected chi connectivity index (χ2v) is 7.19. The number of amides is 1. The van der Waals surface area contributed by atoms with Crippen molar-refractivity contribution in [2.24, 2.45) is 0 Å². The first kappa shape index (κ1) is 18.3. The van der Waals surface area contributed by atoms with Crippen molar-refractivity contribution in [3.63, 3.8) is 0 Å². The quantitative estimate of drug-likeness (QED) is 0.280. The van der Waals surface area contributed by atoms with Gasteiger partial charge in [0.2, 0.25) is 0 Å². The molecule has 0 fully saturated rings. The lowest BCUT2D eigenvalue weighted by Gasteiger charge is -2.06. The Labute approximate surface area is 159 Å². The number of rotatable bonds is 6. The van der Waals surface area contributed by atoms with E-state index in [-0.39, 0.29) is 16.3 Å². The number of aromatic amines is 1. The number of nitro benzene ring substituents is 1. The third kappa shape index (κ3) is 3.84. The summed E-state index contributed by atoms with van der Waals surface area (Å²) in [5, 5.41) is 15.2. The molecule has 3 rings (SSSR count). The van der Waals surface area contributed by atoms with Crippen molar-refractivity contribution in [3.8, 4) is 0 Å². The summed E-state index contributed by atoms with van der Waals surface area (Å²) >= 11 is 7.49. The van der Waals surface area contributed by atoms with Crippen LogP contribution in [0.4, 0.5) is 5.69 Å². The molecular formula is C18H16ClN3O3S. The number of carbonyl (C=O) groups excluding carboxylic acids is 1. The Balaban J connectivity index is 1.63. The van der Waals surface area contributed by atoms with E-state index in [4.69, 9.17) is 11.6 Å². The van der Waals surface area contributed by atoms with E-state index in [2.05, 4.69) is 16.4 Å². The number of halogens is 1. The van der Waals surface area contributed by atoms with Crippen LogP contribution in [0.5, 0.6) is 0 Å². The van der Waals surface area contributed by atoms with Gasteiger partial charge in [0.1, 0.15) is 5.56 Å². The van der Waals surface area contributed by atoms with E-state index in [0.29, 0.717) is 12.3 Å². The Morgan fingerprint density at radius 2 is 2.08 bits per heavy atom. The number of hydrogen-bond acceptors (Lipinski definition) is 4. The fourth-order valence-corrected chi connectivity index (χ4v) is 3.88. The summed E-state index contributed by atoms with van der Waals surface area (Å²) in [4.78, 5) is 27.2. The predicted octanol–water partition coefficient (Wildman–Crippen LogP) is 4.56. The van der Waals surface area contributed by atoms with Gasteiger partial charge in [-0.15, -0.1) is 11.8 Å². The maximum absolute atomic E-state index is 12.3. The fraction of sp³-hybridized carbons (Fsp3) is 0.167. The molecular weight excluding hydrogens is 374 g/mol. The van der Waals surface area contributed by atoms with Crippen molar-refractivity contribution in [1.29, 1.82) is 0 Å². The van der Waals surface area contributed by atoms with Gasteiger partial charge in [-0.3, -0.25) is 14.9 Å². The molecule has 8 heteroatoms. The van der Waals surface area contributed by atoms with Crippen molar-refractivity contribution in [3.05, 3.63) is 68.9 Å². The lowest BCUT2D eigenvalue weighted by atomic mass is 10.1. The van der Waals surface area contributed by atoms with E-state index in [1.165, 1.54) is 18.2 Å². The van der Waals surface area contributed by atoms with Crippen molar-refractivity contribution in [2.75, 3.05) is 12.3 Å². The molecule has 0 radical (unpaired) electrons. The molecule has 1 heterocycles. The number of nitro groups is 1. The Hall–Kier alpha value is -2.51. The van der Waals surface area contributed by atoms with Gasteiger partial charge in [0.05, 0.1) is 4.92 Å². The zero-order valence-electron chi connectivity index (χ0n) is 13.9. The second kappa shape index (κ2) is 7.80. The molecule has 0 saturated heterocycles. The molecule has 1 aromatic heterocycles. The maximum atomic E-state index is 12.3. The number of thioether (sulfide) groups is 1. The van der Waals surface area contributed by atoms with Gasteiger partial charge in [-0.2, -0.15) is 0 Å². The highest BCUT2D eigenvalue weighted by molar-refractivity contribution is 7.99. The predicted molar refractivity (Wildman–Crippen MR) is 104 cm³/mol. The van der Waals surface area contributed by atoms with Gasteiger partial charge in [0, 0.05) is 44.9 Å². The topological polar surface area (TPSA) is 88.0 Å². The monoisotopic (exact) mass is 389 g/mol. The lowest BCUT2D eigenvalue weighted by Crippen LogP contribution is -2.26. The molecule has 0 spiro atoms. The molecule has 0 aliphatic rings.